The van der Waals surface area contributed by atoms with Gasteiger partial charge in [-0.3, -0.25) is 14.5 Å². The minimum absolute atomic E-state index is 0.107. The molecule has 45 heavy (non-hydrogen) atoms. The summed E-state index contributed by atoms with van der Waals surface area (Å²) in [6.07, 6.45) is 0. The van der Waals surface area contributed by atoms with Crippen molar-refractivity contribution >= 4 is 41.0 Å². The summed E-state index contributed by atoms with van der Waals surface area (Å²) in [5, 5.41) is 8.04. The van der Waals surface area contributed by atoms with Crippen LogP contribution in [-0.4, -0.2) is 40.7 Å². The van der Waals surface area contributed by atoms with Gasteiger partial charge >= 0.3 is 0 Å². The number of halogens is 2. The third-order valence-corrected chi connectivity index (χ3v) is 9.20. The lowest BCUT2D eigenvalue weighted by Crippen LogP contribution is -2.42. The lowest BCUT2D eigenvalue weighted by Gasteiger charge is -2.23. The quantitative estimate of drug-likeness (QED) is 0.217. The Morgan fingerprint density at radius 2 is 1.73 bits per heavy atom. The second kappa shape index (κ2) is 12.3. The molecule has 11 heteroatoms. The highest BCUT2D eigenvalue weighted by atomic mass is 35.5. The maximum Gasteiger partial charge on any atom is 0.240 e. The largest absolute Gasteiger partial charge is 0.454 e. The van der Waals surface area contributed by atoms with Crippen LogP contribution in [0, 0.1) is 5.82 Å². The number of hydrogen-bond acceptors (Lipinski definition) is 6. The number of ether oxygens (including phenoxy) is 2. The molecule has 1 N–H and O–H groups in total. The van der Waals surface area contributed by atoms with Crippen LogP contribution in [0.5, 0.6) is 11.5 Å². The van der Waals surface area contributed by atoms with Gasteiger partial charge in [0.25, 0.3) is 0 Å². The molecule has 2 amide bonds. The average Bonchev–Trinajstić information content (AvgIpc) is 3.66. The van der Waals surface area contributed by atoms with Gasteiger partial charge in [0.15, 0.2) is 11.5 Å². The number of anilines is 1. The van der Waals surface area contributed by atoms with E-state index in [1.54, 1.807) is 22.9 Å². The molecule has 1 aromatic heterocycles. The molecule has 0 saturated heterocycles. The molecule has 1 atom stereocenters. The smallest absolute Gasteiger partial charge is 0.240 e. The van der Waals surface area contributed by atoms with Crippen LogP contribution in [0.15, 0.2) is 97.1 Å². The zero-order valence-electron chi connectivity index (χ0n) is 23.8. The number of amides is 2. The SMILES string of the molecule is O=C(CN1C(=O)CSC(c2ccc3c(c2)OCO3)c2c(-c3ccccc3)nn(-c3ccccc3Cl)c21)NCc1ccc(F)cc1. The van der Waals surface area contributed by atoms with E-state index in [0.717, 1.165) is 22.3 Å². The third-order valence-electron chi connectivity index (χ3n) is 7.62. The predicted molar refractivity (Wildman–Crippen MR) is 171 cm³/mol. The Hall–Kier alpha value is -4.80. The highest BCUT2D eigenvalue weighted by molar-refractivity contribution is 8.00. The number of nitrogens with one attached hydrogen (secondary N) is 1. The number of nitrogens with zero attached hydrogens (tertiary/aromatic N) is 3. The van der Waals surface area contributed by atoms with E-state index in [1.807, 2.05) is 66.7 Å². The predicted octanol–water partition coefficient (Wildman–Crippen LogP) is 6.55. The summed E-state index contributed by atoms with van der Waals surface area (Å²) in [5.74, 6) is 0.856. The van der Waals surface area contributed by atoms with Crippen molar-refractivity contribution in [3.05, 3.63) is 125 Å². The van der Waals surface area contributed by atoms with Crippen LogP contribution in [0.3, 0.4) is 0 Å². The van der Waals surface area contributed by atoms with E-state index in [1.165, 1.54) is 28.8 Å². The number of aromatic nitrogens is 2. The van der Waals surface area contributed by atoms with Crippen LogP contribution in [0.4, 0.5) is 10.2 Å². The monoisotopic (exact) mass is 640 g/mol. The minimum Gasteiger partial charge on any atom is -0.454 e. The summed E-state index contributed by atoms with van der Waals surface area (Å²) in [5.41, 5.74) is 4.48. The van der Waals surface area contributed by atoms with E-state index in [9.17, 15) is 14.0 Å². The van der Waals surface area contributed by atoms with Gasteiger partial charge in [-0.15, -0.1) is 11.8 Å². The first-order valence-electron chi connectivity index (χ1n) is 14.2. The fraction of sp³-hybridized carbons (Fsp3) is 0.147. The zero-order valence-corrected chi connectivity index (χ0v) is 25.4. The maximum absolute atomic E-state index is 14.0. The van der Waals surface area contributed by atoms with Gasteiger partial charge in [-0.1, -0.05) is 72.3 Å². The van der Waals surface area contributed by atoms with Crippen LogP contribution in [-0.2, 0) is 16.1 Å². The van der Waals surface area contributed by atoms with E-state index < -0.39 is 0 Å². The molecule has 0 fully saturated rings. The molecule has 2 aliphatic heterocycles. The summed E-state index contributed by atoms with van der Waals surface area (Å²) >= 11 is 8.18. The summed E-state index contributed by atoms with van der Waals surface area (Å²) in [6.45, 7) is 0.0638. The molecular formula is C34H26ClFN4O4S. The Morgan fingerprint density at radius 1 is 0.978 bits per heavy atom. The normalized spacial score (nSPS) is 15.5. The molecule has 0 saturated carbocycles. The van der Waals surface area contributed by atoms with Crippen LogP contribution in [0.1, 0.15) is 21.9 Å². The van der Waals surface area contributed by atoms with E-state index >= 15 is 0 Å². The van der Waals surface area contributed by atoms with Crippen LogP contribution in [0.2, 0.25) is 5.02 Å². The van der Waals surface area contributed by atoms with Crippen LogP contribution in [0.25, 0.3) is 16.9 Å². The molecule has 0 radical (unpaired) electrons. The van der Waals surface area contributed by atoms with E-state index in [0.29, 0.717) is 33.7 Å². The number of carbonyl (C=O) groups is 2. The van der Waals surface area contributed by atoms with Crippen molar-refractivity contribution in [2.24, 2.45) is 0 Å². The van der Waals surface area contributed by atoms with Gasteiger partial charge < -0.3 is 14.8 Å². The summed E-state index contributed by atoms with van der Waals surface area (Å²) in [4.78, 5) is 28.9. The van der Waals surface area contributed by atoms with Gasteiger partial charge in [-0.05, 0) is 47.5 Å². The summed E-state index contributed by atoms with van der Waals surface area (Å²) in [6, 6.07) is 28.6. The molecule has 5 aromatic rings. The van der Waals surface area contributed by atoms with Gasteiger partial charge in [0.2, 0.25) is 18.6 Å². The number of rotatable bonds is 7. The molecule has 0 bridgehead atoms. The Bertz CT molecular complexity index is 1900. The zero-order chi connectivity index (χ0) is 30.9. The van der Waals surface area contributed by atoms with E-state index in [4.69, 9.17) is 26.2 Å². The minimum atomic E-state index is -0.377. The number of carbonyl (C=O) groups excluding carboxylic acids is 2. The van der Waals surface area contributed by atoms with Gasteiger partial charge in [0, 0.05) is 17.7 Å². The summed E-state index contributed by atoms with van der Waals surface area (Å²) < 4.78 is 26.3. The first-order valence-corrected chi connectivity index (χ1v) is 15.6. The number of fused-ring (bicyclic) bond motifs is 2. The molecule has 1 unspecified atom stereocenters. The van der Waals surface area contributed by atoms with Gasteiger partial charge in [0.05, 0.1) is 27.4 Å². The topological polar surface area (TPSA) is 85.7 Å². The standard InChI is InChI=1S/C34H26ClFN4O4S/c35-25-8-4-5-9-26(25)40-34-31(32(38-40)22-6-2-1-3-7-22)33(23-12-15-27-28(16-23)44-20-43-27)45-19-30(42)39(34)18-29(41)37-17-21-10-13-24(36)14-11-21/h1-16,33H,17-20H2,(H,37,41). The van der Waals surface area contributed by atoms with Crippen molar-refractivity contribution in [1.82, 2.24) is 15.1 Å². The van der Waals surface area contributed by atoms with Crippen LogP contribution >= 0.6 is 23.4 Å². The van der Waals surface area contributed by atoms with Gasteiger partial charge in [-0.25, -0.2) is 9.07 Å². The first-order chi connectivity index (χ1) is 22.0. The molecular weight excluding hydrogens is 615 g/mol. The van der Waals surface area contributed by atoms with Crippen molar-refractivity contribution in [1.29, 1.82) is 0 Å². The Morgan fingerprint density at radius 3 is 2.53 bits per heavy atom. The highest BCUT2D eigenvalue weighted by Gasteiger charge is 2.38. The van der Waals surface area contributed by atoms with Crippen molar-refractivity contribution < 1.29 is 23.5 Å². The van der Waals surface area contributed by atoms with Crippen molar-refractivity contribution in [2.45, 2.75) is 11.8 Å². The maximum atomic E-state index is 14.0. The lowest BCUT2D eigenvalue weighted by atomic mass is 9.99. The van der Waals surface area contributed by atoms with Crippen molar-refractivity contribution in [3.8, 4) is 28.4 Å². The van der Waals surface area contributed by atoms with Crippen molar-refractivity contribution in [2.75, 3.05) is 24.0 Å². The second-order valence-electron chi connectivity index (χ2n) is 10.5. The fourth-order valence-corrected chi connectivity index (χ4v) is 6.87. The molecule has 3 heterocycles. The molecule has 226 valence electrons. The Labute approximate surface area is 267 Å². The molecule has 4 aromatic carbocycles. The number of thioether (sulfide) groups is 1. The van der Waals surface area contributed by atoms with Crippen LogP contribution < -0.4 is 19.7 Å². The Kier molecular flexibility index (Phi) is 7.91. The number of benzene rings is 4. The van der Waals surface area contributed by atoms with Crippen molar-refractivity contribution in [3.63, 3.8) is 0 Å². The van der Waals surface area contributed by atoms with Gasteiger partial charge in [-0.2, -0.15) is 5.10 Å². The number of hydrogen-bond donors (Lipinski definition) is 1. The van der Waals surface area contributed by atoms with Gasteiger partial charge in [0.1, 0.15) is 18.2 Å². The average molecular weight is 641 g/mol. The molecule has 0 aliphatic carbocycles. The first kappa shape index (κ1) is 28.9. The fourth-order valence-electron chi connectivity index (χ4n) is 5.46. The molecule has 7 rings (SSSR count). The lowest BCUT2D eigenvalue weighted by molar-refractivity contribution is -0.123. The molecule has 8 nitrogen and oxygen atoms in total. The third kappa shape index (κ3) is 5.74. The Balaban J connectivity index is 1.38. The highest BCUT2D eigenvalue weighted by Crippen LogP contribution is 2.50. The second-order valence-corrected chi connectivity index (χ2v) is 12.0. The summed E-state index contributed by atoms with van der Waals surface area (Å²) in [7, 11) is 0. The van der Waals surface area contributed by atoms with E-state index in [-0.39, 0.29) is 48.5 Å². The molecule has 0 spiro atoms. The number of para-hydroxylation sites is 1. The molecule has 2 aliphatic rings. The van der Waals surface area contributed by atoms with E-state index in [2.05, 4.69) is 5.32 Å².